The molecule has 0 saturated carbocycles. The van der Waals surface area contributed by atoms with Crippen molar-refractivity contribution in [2.75, 3.05) is 19.9 Å². The van der Waals surface area contributed by atoms with Crippen LogP contribution in [0.2, 0.25) is 0 Å². The summed E-state index contributed by atoms with van der Waals surface area (Å²) in [5.74, 6) is -1.76. The molecule has 0 radical (unpaired) electrons. The molecule has 1 fully saturated rings. The number of methoxy groups -OCH3 is 1. The molecule has 14 heteroatoms. The van der Waals surface area contributed by atoms with E-state index in [0.717, 1.165) is 41.5 Å². The first-order valence-corrected chi connectivity index (χ1v) is 21.1. The van der Waals surface area contributed by atoms with Crippen LogP contribution in [0.15, 0.2) is 137 Å². The van der Waals surface area contributed by atoms with Gasteiger partial charge >= 0.3 is 12.1 Å². The Bertz CT molecular complexity index is 2400. The lowest BCUT2D eigenvalue weighted by molar-refractivity contribution is -0.146. The maximum absolute atomic E-state index is 15.0. The van der Waals surface area contributed by atoms with Gasteiger partial charge in [0, 0.05) is 24.3 Å². The lowest BCUT2D eigenvalue weighted by Crippen LogP contribution is -2.60. The first kappa shape index (κ1) is 40.4. The molecule has 1 aliphatic rings. The van der Waals surface area contributed by atoms with Crippen LogP contribution in [-0.4, -0.2) is 71.0 Å². The van der Waals surface area contributed by atoms with E-state index in [4.69, 9.17) is 4.74 Å². The van der Waals surface area contributed by atoms with E-state index < -0.39 is 70.5 Å². The molecule has 5 aromatic carbocycles. The molecule has 0 aromatic heterocycles. The summed E-state index contributed by atoms with van der Waals surface area (Å²) < 4.78 is 101. The fourth-order valence-electron chi connectivity index (χ4n) is 7.00. The van der Waals surface area contributed by atoms with E-state index in [9.17, 15) is 31.2 Å². The highest BCUT2D eigenvalue weighted by Gasteiger charge is 2.49. The molecule has 9 nitrogen and oxygen atoms in total. The van der Waals surface area contributed by atoms with Crippen LogP contribution in [0.5, 0.6) is 0 Å². The normalized spacial score (nSPS) is 15.8. The van der Waals surface area contributed by atoms with Crippen LogP contribution in [0.1, 0.15) is 34.3 Å². The molecule has 1 aliphatic heterocycles. The van der Waals surface area contributed by atoms with E-state index in [1.165, 1.54) is 60.7 Å². The Kier molecular flexibility index (Phi) is 11.8. The maximum atomic E-state index is 15.0. The smallest absolute Gasteiger partial charge is 0.416 e. The second-order valence-electron chi connectivity index (χ2n) is 13.5. The standard InChI is InChI=1S/C42H39F3N2O7S2/c1-54-41(49)36(27-28-14-16-30(17-15-28)29-9-4-3-5-10-29)47(39(48)33-20-18-31(19-21-33)32-22-24-34(25-23-32)42(43,44)45)40(35-11-8-26-46-35)56(52,53)38-13-7-6-12-37(38)55(2,50)51/h3-7,9-10,12-25,35-36,40,46H,8,11,26-27H2,1-2H3/t35-,36-,40?/m0/s1. The van der Waals surface area contributed by atoms with Crippen molar-refractivity contribution in [1.29, 1.82) is 0 Å². The number of alkyl halides is 3. The van der Waals surface area contributed by atoms with Crippen molar-refractivity contribution in [3.63, 3.8) is 0 Å². The lowest BCUT2D eigenvalue weighted by atomic mass is 9.98. The van der Waals surface area contributed by atoms with Gasteiger partial charge in [-0.05, 0) is 83.6 Å². The van der Waals surface area contributed by atoms with E-state index >= 15 is 8.42 Å². The van der Waals surface area contributed by atoms with Crippen LogP contribution in [0.25, 0.3) is 22.3 Å². The number of hydrogen-bond acceptors (Lipinski definition) is 8. The van der Waals surface area contributed by atoms with Gasteiger partial charge in [-0.2, -0.15) is 13.2 Å². The van der Waals surface area contributed by atoms with Crippen molar-refractivity contribution in [2.24, 2.45) is 0 Å². The monoisotopic (exact) mass is 804 g/mol. The Morgan fingerprint density at radius 2 is 1.27 bits per heavy atom. The number of amides is 1. The Labute approximate surface area is 324 Å². The number of nitrogens with zero attached hydrogens (tertiary/aromatic N) is 1. The van der Waals surface area contributed by atoms with Crippen molar-refractivity contribution in [3.05, 3.63) is 144 Å². The van der Waals surface area contributed by atoms with E-state index in [0.29, 0.717) is 29.7 Å². The van der Waals surface area contributed by atoms with Gasteiger partial charge in [-0.15, -0.1) is 0 Å². The molecular formula is C42H39F3N2O7S2. The predicted molar refractivity (Wildman–Crippen MR) is 206 cm³/mol. The third kappa shape index (κ3) is 8.72. The zero-order chi connectivity index (χ0) is 40.3. The molecule has 5 aromatic rings. The van der Waals surface area contributed by atoms with Crippen molar-refractivity contribution in [2.45, 2.75) is 52.7 Å². The van der Waals surface area contributed by atoms with E-state index in [2.05, 4.69) is 5.32 Å². The molecule has 1 N–H and O–H groups in total. The van der Waals surface area contributed by atoms with Crippen LogP contribution < -0.4 is 5.32 Å². The van der Waals surface area contributed by atoms with Gasteiger partial charge in [0.25, 0.3) is 5.91 Å². The number of hydrogen-bond donors (Lipinski definition) is 1. The lowest BCUT2D eigenvalue weighted by Gasteiger charge is -2.39. The maximum Gasteiger partial charge on any atom is 0.416 e. The Morgan fingerprint density at radius 1 is 0.750 bits per heavy atom. The van der Waals surface area contributed by atoms with Crippen LogP contribution >= 0.6 is 0 Å². The van der Waals surface area contributed by atoms with Gasteiger partial charge in [0.05, 0.1) is 22.5 Å². The highest BCUT2D eigenvalue weighted by atomic mass is 32.2. The summed E-state index contributed by atoms with van der Waals surface area (Å²) in [6.45, 7) is 0.401. The van der Waals surface area contributed by atoms with Crippen molar-refractivity contribution in [3.8, 4) is 22.3 Å². The molecule has 292 valence electrons. The SMILES string of the molecule is COC(=O)[C@H](Cc1ccc(-c2ccccc2)cc1)N(C(=O)c1ccc(-c2ccc(C(F)(F)F)cc2)cc1)C([C@@H]1CCCN1)S(=O)(=O)c1ccccc1S(C)(=O)=O. The highest BCUT2D eigenvalue weighted by Crippen LogP contribution is 2.35. The number of rotatable bonds is 12. The molecule has 3 atom stereocenters. The molecular weight excluding hydrogens is 766 g/mol. The van der Waals surface area contributed by atoms with Gasteiger partial charge in [0.15, 0.2) is 15.2 Å². The summed E-state index contributed by atoms with van der Waals surface area (Å²) in [7, 11) is -7.73. The number of sulfone groups is 2. The fourth-order valence-corrected chi connectivity index (χ4v) is 10.6. The Balaban J connectivity index is 1.49. The molecule has 6 rings (SSSR count). The quantitative estimate of drug-likeness (QED) is 0.131. The first-order chi connectivity index (χ1) is 26.6. The molecule has 0 aliphatic carbocycles. The van der Waals surface area contributed by atoms with Gasteiger partial charge in [0.2, 0.25) is 9.84 Å². The zero-order valence-electron chi connectivity index (χ0n) is 30.4. The number of benzene rings is 5. The average Bonchev–Trinajstić information content (AvgIpc) is 3.73. The van der Waals surface area contributed by atoms with Crippen LogP contribution in [0.3, 0.4) is 0 Å². The topological polar surface area (TPSA) is 127 Å². The third-order valence-electron chi connectivity index (χ3n) is 9.80. The fraction of sp³-hybridized carbons (Fsp3) is 0.238. The van der Waals surface area contributed by atoms with Gasteiger partial charge in [-0.3, -0.25) is 4.79 Å². The molecule has 0 spiro atoms. The number of esters is 1. The summed E-state index contributed by atoms with van der Waals surface area (Å²) in [6.07, 6.45) is -2.98. The number of carbonyl (C=O) groups excluding carboxylic acids is 2. The molecule has 1 unspecified atom stereocenters. The van der Waals surface area contributed by atoms with E-state index in [1.54, 1.807) is 12.1 Å². The number of ether oxygens (including phenoxy) is 1. The molecule has 1 heterocycles. The third-order valence-corrected chi connectivity index (χ3v) is 13.2. The van der Waals surface area contributed by atoms with E-state index in [-0.39, 0.29) is 18.4 Å². The summed E-state index contributed by atoms with van der Waals surface area (Å²) in [6, 6.07) is 29.8. The van der Waals surface area contributed by atoms with Crippen LogP contribution in [-0.2, 0) is 41.8 Å². The molecule has 1 amide bonds. The molecule has 0 bridgehead atoms. The van der Waals surface area contributed by atoms with Gasteiger partial charge in [0.1, 0.15) is 6.04 Å². The zero-order valence-corrected chi connectivity index (χ0v) is 32.1. The second-order valence-corrected chi connectivity index (χ2v) is 17.5. The summed E-state index contributed by atoms with van der Waals surface area (Å²) in [5, 5.41) is 1.38. The van der Waals surface area contributed by atoms with Crippen molar-refractivity contribution < 1.29 is 44.3 Å². The predicted octanol–water partition coefficient (Wildman–Crippen LogP) is 7.22. The second kappa shape index (κ2) is 16.4. The average molecular weight is 805 g/mol. The van der Waals surface area contributed by atoms with Gasteiger partial charge in [-0.25, -0.2) is 21.6 Å². The van der Waals surface area contributed by atoms with Crippen molar-refractivity contribution >= 4 is 31.6 Å². The summed E-state index contributed by atoms with van der Waals surface area (Å²) in [5.41, 5.74) is 2.49. The number of nitrogens with one attached hydrogen (secondary N) is 1. The Morgan fingerprint density at radius 3 is 1.79 bits per heavy atom. The van der Waals surface area contributed by atoms with E-state index in [1.807, 2.05) is 42.5 Å². The minimum absolute atomic E-state index is 0.0245. The number of carbonyl (C=O) groups is 2. The summed E-state index contributed by atoms with van der Waals surface area (Å²) in [4.78, 5) is 28.9. The minimum Gasteiger partial charge on any atom is -0.467 e. The molecule has 1 saturated heterocycles. The number of halogens is 3. The summed E-state index contributed by atoms with van der Waals surface area (Å²) >= 11 is 0. The van der Waals surface area contributed by atoms with Crippen molar-refractivity contribution in [1.82, 2.24) is 10.2 Å². The van der Waals surface area contributed by atoms with Gasteiger partial charge in [-0.1, -0.05) is 91.0 Å². The first-order valence-electron chi connectivity index (χ1n) is 17.7. The highest BCUT2D eigenvalue weighted by molar-refractivity contribution is 7.94. The van der Waals surface area contributed by atoms with Gasteiger partial charge < -0.3 is 15.0 Å². The molecule has 56 heavy (non-hydrogen) atoms. The van der Waals surface area contributed by atoms with Crippen LogP contribution in [0.4, 0.5) is 13.2 Å². The minimum atomic E-state index is -4.78. The van der Waals surface area contributed by atoms with Crippen LogP contribution in [0, 0.1) is 0 Å². The Hall–Kier alpha value is -5.31. The largest absolute Gasteiger partial charge is 0.467 e.